The van der Waals surface area contributed by atoms with Crippen molar-refractivity contribution in [2.45, 2.75) is 51.5 Å². The number of amides is 2. The van der Waals surface area contributed by atoms with Crippen LogP contribution in [0, 0.1) is 5.92 Å². The highest BCUT2D eigenvalue weighted by molar-refractivity contribution is 5.77. The first kappa shape index (κ1) is 22.7. The summed E-state index contributed by atoms with van der Waals surface area (Å²) in [4.78, 5) is 37.6. The summed E-state index contributed by atoms with van der Waals surface area (Å²) < 4.78 is 9.79. The Labute approximate surface area is 172 Å². The Hall–Kier alpha value is -2.57. The van der Waals surface area contributed by atoms with E-state index in [1.54, 1.807) is 7.11 Å². The van der Waals surface area contributed by atoms with E-state index >= 15 is 0 Å². The Balaban J connectivity index is 1.68. The van der Waals surface area contributed by atoms with E-state index < -0.39 is 0 Å². The number of piperidine rings is 1. The van der Waals surface area contributed by atoms with E-state index in [1.807, 2.05) is 29.2 Å². The van der Waals surface area contributed by atoms with Gasteiger partial charge in [0.1, 0.15) is 5.75 Å². The Kier molecular flexibility index (Phi) is 9.47. The van der Waals surface area contributed by atoms with Gasteiger partial charge in [0.15, 0.2) is 0 Å². The molecule has 2 rings (SSSR count). The van der Waals surface area contributed by atoms with Gasteiger partial charge in [0.05, 0.1) is 14.2 Å². The van der Waals surface area contributed by atoms with Crippen molar-refractivity contribution in [2.24, 2.45) is 5.92 Å². The van der Waals surface area contributed by atoms with Crippen LogP contribution in [0.25, 0.3) is 0 Å². The van der Waals surface area contributed by atoms with Gasteiger partial charge in [-0.2, -0.15) is 0 Å². The third-order valence-electron chi connectivity index (χ3n) is 5.27. The number of ether oxygens (including phenoxy) is 2. The Morgan fingerprint density at radius 2 is 2.00 bits per heavy atom. The van der Waals surface area contributed by atoms with Crippen molar-refractivity contribution in [3.8, 4) is 5.75 Å². The third-order valence-corrected chi connectivity index (χ3v) is 5.27. The van der Waals surface area contributed by atoms with Gasteiger partial charge in [-0.25, -0.2) is 0 Å². The lowest BCUT2D eigenvalue weighted by Gasteiger charge is -2.33. The number of methoxy groups -OCH3 is 2. The summed E-state index contributed by atoms with van der Waals surface area (Å²) in [7, 11) is 2.97. The van der Waals surface area contributed by atoms with Gasteiger partial charge in [-0.15, -0.1) is 0 Å². The van der Waals surface area contributed by atoms with Crippen LogP contribution in [0.15, 0.2) is 24.3 Å². The number of carbonyl (C=O) groups excluding carboxylic acids is 3. The van der Waals surface area contributed by atoms with Crippen LogP contribution in [0.3, 0.4) is 0 Å². The van der Waals surface area contributed by atoms with Crippen molar-refractivity contribution < 1.29 is 23.9 Å². The van der Waals surface area contributed by atoms with E-state index in [4.69, 9.17) is 4.74 Å². The van der Waals surface area contributed by atoms with Crippen LogP contribution in [-0.2, 0) is 25.7 Å². The minimum Gasteiger partial charge on any atom is -0.497 e. The molecule has 1 aromatic rings. The molecule has 0 aliphatic carbocycles. The number of hydrogen-bond acceptors (Lipinski definition) is 5. The number of likely N-dealkylation sites (tertiary alicyclic amines) is 1. The molecule has 1 heterocycles. The van der Waals surface area contributed by atoms with Gasteiger partial charge < -0.3 is 19.7 Å². The molecule has 1 aromatic carbocycles. The molecule has 1 atom stereocenters. The first-order valence-electron chi connectivity index (χ1n) is 10.3. The van der Waals surface area contributed by atoms with E-state index in [0.717, 1.165) is 37.1 Å². The van der Waals surface area contributed by atoms with Gasteiger partial charge in [-0.05, 0) is 49.3 Å². The maximum Gasteiger partial charge on any atom is 0.305 e. The second-order valence-corrected chi connectivity index (χ2v) is 7.44. The maximum atomic E-state index is 12.3. The van der Waals surface area contributed by atoms with Crippen LogP contribution in [0.5, 0.6) is 5.75 Å². The van der Waals surface area contributed by atoms with E-state index in [9.17, 15) is 14.4 Å². The SMILES string of the molecule is COC(=O)CCCC(=O)N1CCC[C@H](CCC(=O)NCc2cccc(OC)c2)C1. The van der Waals surface area contributed by atoms with Crippen LogP contribution >= 0.6 is 0 Å². The number of benzene rings is 1. The number of rotatable bonds is 10. The fourth-order valence-corrected chi connectivity index (χ4v) is 3.58. The highest BCUT2D eigenvalue weighted by Crippen LogP contribution is 2.22. The topological polar surface area (TPSA) is 84.9 Å². The summed E-state index contributed by atoms with van der Waals surface area (Å²) in [5.41, 5.74) is 0.999. The molecular weight excluding hydrogens is 372 g/mol. The lowest BCUT2D eigenvalue weighted by molar-refractivity contribution is -0.141. The summed E-state index contributed by atoms with van der Waals surface area (Å²) in [6, 6.07) is 7.63. The summed E-state index contributed by atoms with van der Waals surface area (Å²) in [5.74, 6) is 0.941. The Morgan fingerprint density at radius 1 is 1.17 bits per heavy atom. The van der Waals surface area contributed by atoms with Gasteiger partial charge in [0.25, 0.3) is 0 Å². The molecule has 7 nitrogen and oxygen atoms in total. The predicted octanol–water partition coefficient (Wildman–Crippen LogP) is 2.67. The number of nitrogens with one attached hydrogen (secondary N) is 1. The van der Waals surface area contributed by atoms with Crippen LogP contribution in [0.4, 0.5) is 0 Å². The van der Waals surface area contributed by atoms with Gasteiger partial charge in [0.2, 0.25) is 11.8 Å². The molecule has 1 aliphatic rings. The second kappa shape index (κ2) is 12.1. The zero-order valence-corrected chi connectivity index (χ0v) is 17.4. The smallest absolute Gasteiger partial charge is 0.305 e. The lowest BCUT2D eigenvalue weighted by atomic mass is 9.93. The van der Waals surface area contributed by atoms with E-state index in [1.165, 1.54) is 7.11 Å². The minimum atomic E-state index is -0.283. The summed E-state index contributed by atoms with van der Waals surface area (Å²) >= 11 is 0. The predicted molar refractivity (Wildman–Crippen MR) is 109 cm³/mol. The van der Waals surface area contributed by atoms with Gasteiger partial charge in [-0.3, -0.25) is 14.4 Å². The van der Waals surface area contributed by atoms with Crippen molar-refractivity contribution in [1.82, 2.24) is 10.2 Å². The van der Waals surface area contributed by atoms with Crippen LogP contribution in [-0.4, -0.2) is 50.0 Å². The van der Waals surface area contributed by atoms with Crippen molar-refractivity contribution >= 4 is 17.8 Å². The zero-order chi connectivity index (χ0) is 21.1. The zero-order valence-electron chi connectivity index (χ0n) is 17.4. The molecule has 2 amide bonds. The molecule has 0 aromatic heterocycles. The number of nitrogens with zero attached hydrogens (tertiary/aromatic N) is 1. The minimum absolute atomic E-state index is 0.0225. The highest BCUT2D eigenvalue weighted by Gasteiger charge is 2.24. The molecule has 1 saturated heterocycles. The summed E-state index contributed by atoms with van der Waals surface area (Å²) in [6.07, 6.45) is 4.37. The molecule has 0 radical (unpaired) electrons. The van der Waals surface area contributed by atoms with Gasteiger partial charge in [0, 0.05) is 38.9 Å². The van der Waals surface area contributed by atoms with Crippen molar-refractivity contribution in [3.63, 3.8) is 0 Å². The molecule has 0 unspecified atom stereocenters. The van der Waals surface area contributed by atoms with Crippen LogP contribution in [0.2, 0.25) is 0 Å². The van der Waals surface area contributed by atoms with Crippen LogP contribution < -0.4 is 10.1 Å². The average molecular weight is 405 g/mol. The summed E-state index contributed by atoms with van der Waals surface area (Å²) in [5, 5.41) is 2.95. The highest BCUT2D eigenvalue weighted by atomic mass is 16.5. The molecule has 1 N–H and O–H groups in total. The molecule has 1 fully saturated rings. The average Bonchev–Trinajstić information content (AvgIpc) is 2.76. The standard InChI is InChI=1S/C22H32N2O5/c1-28-19-8-3-6-18(14-19)15-23-20(25)12-11-17-7-5-13-24(16-17)21(26)9-4-10-22(27)29-2/h3,6,8,14,17H,4-5,7,9-13,15-16H2,1-2H3,(H,23,25)/t17-/m1/s1. The van der Waals surface area contributed by atoms with Gasteiger partial charge >= 0.3 is 5.97 Å². The van der Waals surface area contributed by atoms with E-state index in [0.29, 0.717) is 38.3 Å². The molecule has 0 bridgehead atoms. The van der Waals surface area contributed by atoms with Crippen molar-refractivity contribution in [1.29, 1.82) is 0 Å². The molecule has 0 spiro atoms. The van der Waals surface area contributed by atoms with Crippen molar-refractivity contribution in [2.75, 3.05) is 27.3 Å². The number of hydrogen-bond donors (Lipinski definition) is 1. The van der Waals surface area contributed by atoms with Crippen LogP contribution in [0.1, 0.15) is 50.5 Å². The maximum absolute atomic E-state index is 12.3. The Morgan fingerprint density at radius 3 is 2.76 bits per heavy atom. The molecule has 7 heteroatoms. The lowest BCUT2D eigenvalue weighted by Crippen LogP contribution is -2.40. The Bertz CT molecular complexity index is 692. The van der Waals surface area contributed by atoms with E-state index in [2.05, 4.69) is 10.1 Å². The summed E-state index contributed by atoms with van der Waals surface area (Å²) in [6.45, 7) is 1.93. The molecular formula is C22H32N2O5. The first-order chi connectivity index (χ1) is 14.0. The largest absolute Gasteiger partial charge is 0.497 e. The fourth-order valence-electron chi connectivity index (χ4n) is 3.58. The second-order valence-electron chi connectivity index (χ2n) is 7.44. The van der Waals surface area contributed by atoms with Crippen molar-refractivity contribution in [3.05, 3.63) is 29.8 Å². The normalized spacial score (nSPS) is 16.2. The first-order valence-corrected chi connectivity index (χ1v) is 10.3. The van der Waals surface area contributed by atoms with Gasteiger partial charge in [-0.1, -0.05) is 12.1 Å². The number of carbonyl (C=O) groups is 3. The monoisotopic (exact) mass is 404 g/mol. The molecule has 0 saturated carbocycles. The molecule has 160 valence electrons. The number of esters is 1. The quantitative estimate of drug-likeness (QED) is 0.606. The fraction of sp³-hybridized carbons (Fsp3) is 0.591. The molecule has 29 heavy (non-hydrogen) atoms. The third kappa shape index (κ3) is 8.13. The molecule has 1 aliphatic heterocycles. The van der Waals surface area contributed by atoms with E-state index in [-0.39, 0.29) is 24.2 Å².